The van der Waals surface area contributed by atoms with E-state index in [1.165, 1.54) is 12.1 Å². The first kappa shape index (κ1) is 14.4. The van der Waals surface area contributed by atoms with Gasteiger partial charge in [-0.05, 0) is 26.1 Å². The lowest BCUT2D eigenvalue weighted by atomic mass is 10.1. The summed E-state index contributed by atoms with van der Waals surface area (Å²) in [6.45, 7) is 4.98. The number of nitro benzene ring substituents is 1. The minimum absolute atomic E-state index is 0.0288. The van der Waals surface area contributed by atoms with Crippen molar-refractivity contribution >= 4 is 11.6 Å². The second-order valence-corrected chi connectivity index (χ2v) is 4.99. The monoisotopic (exact) mass is 278 g/mol. The number of carbonyl (C=O) groups excluding carboxylic acids is 1. The Bertz CT molecular complexity index is 524. The summed E-state index contributed by atoms with van der Waals surface area (Å²) >= 11 is 0. The summed E-state index contributed by atoms with van der Waals surface area (Å²) in [6.07, 6.45) is 0. The molecule has 1 aliphatic heterocycles. The minimum Gasteiger partial charge on any atom is -0.304 e. The largest absolute Gasteiger partial charge is 0.304 e. The number of hydrogen-bond acceptors (Lipinski definition) is 5. The Morgan fingerprint density at radius 3 is 2.50 bits per heavy atom. The van der Waals surface area contributed by atoms with E-state index in [-0.39, 0.29) is 11.6 Å². The van der Waals surface area contributed by atoms with E-state index in [1.807, 2.05) is 12.1 Å². The zero-order valence-corrected chi connectivity index (χ0v) is 11.6. The molecule has 1 fully saturated rings. The molecule has 0 saturated carbocycles. The van der Waals surface area contributed by atoms with Gasteiger partial charge >= 0.3 is 0 Å². The zero-order chi connectivity index (χ0) is 14.7. The van der Waals surface area contributed by atoms with Crippen LogP contribution in [0.25, 0.3) is 0 Å². The average Bonchev–Trinajstić information content (AvgIpc) is 2.40. The summed E-state index contributed by atoms with van der Waals surface area (Å²) in [6, 6.07) is 4.40. The maximum absolute atomic E-state index is 12.1. The Morgan fingerprint density at radius 1 is 1.30 bits per heavy atom. The number of piperazine rings is 1. The van der Waals surface area contributed by atoms with Gasteiger partial charge in [-0.1, -0.05) is 0 Å². The van der Waals surface area contributed by atoms with Crippen LogP contribution in [0.2, 0.25) is 0 Å². The normalized spacial score (nSPS) is 16.9. The molecule has 1 saturated heterocycles. The number of likely N-dealkylation sites (N-methyl/N-ethyl adjacent to an activating group) is 1. The maximum atomic E-state index is 12.1. The van der Waals surface area contributed by atoms with E-state index >= 15 is 0 Å². The van der Waals surface area contributed by atoms with Gasteiger partial charge in [-0.25, -0.2) is 5.01 Å². The van der Waals surface area contributed by atoms with Crippen molar-refractivity contribution in [3.05, 3.63) is 39.4 Å². The Kier molecular flexibility index (Phi) is 4.31. The molecule has 0 spiro atoms. The van der Waals surface area contributed by atoms with Crippen molar-refractivity contribution in [2.75, 3.05) is 33.2 Å². The fourth-order valence-corrected chi connectivity index (χ4v) is 2.13. The van der Waals surface area contributed by atoms with Gasteiger partial charge in [-0.15, -0.1) is 0 Å². The molecule has 0 aromatic heterocycles. The predicted molar refractivity (Wildman–Crippen MR) is 74.4 cm³/mol. The zero-order valence-electron chi connectivity index (χ0n) is 11.6. The third-order valence-corrected chi connectivity index (χ3v) is 3.42. The van der Waals surface area contributed by atoms with Gasteiger partial charge < -0.3 is 4.90 Å². The molecule has 7 heteroatoms. The molecule has 108 valence electrons. The number of nitrogens with one attached hydrogen (secondary N) is 1. The number of hydrogen-bond donors (Lipinski definition) is 1. The van der Waals surface area contributed by atoms with Crippen LogP contribution in [-0.4, -0.2) is 54.0 Å². The molecular weight excluding hydrogens is 260 g/mol. The summed E-state index contributed by atoms with van der Waals surface area (Å²) in [7, 11) is 2.04. The van der Waals surface area contributed by atoms with E-state index in [0.29, 0.717) is 11.1 Å². The second kappa shape index (κ2) is 5.98. The number of amides is 1. The van der Waals surface area contributed by atoms with E-state index < -0.39 is 4.92 Å². The number of aryl methyl sites for hydroxylation is 1. The summed E-state index contributed by atoms with van der Waals surface area (Å²) in [5, 5.41) is 12.6. The number of nitro groups is 1. The van der Waals surface area contributed by atoms with Crippen LogP contribution < -0.4 is 5.43 Å². The van der Waals surface area contributed by atoms with Crippen LogP contribution in [0.4, 0.5) is 5.69 Å². The summed E-state index contributed by atoms with van der Waals surface area (Å²) < 4.78 is 0. The topological polar surface area (TPSA) is 78.7 Å². The Balaban J connectivity index is 2.02. The molecule has 1 amide bonds. The van der Waals surface area contributed by atoms with Gasteiger partial charge in [0, 0.05) is 43.4 Å². The van der Waals surface area contributed by atoms with Gasteiger partial charge in [0.1, 0.15) is 0 Å². The van der Waals surface area contributed by atoms with Crippen molar-refractivity contribution in [2.45, 2.75) is 6.92 Å². The highest BCUT2D eigenvalue weighted by molar-refractivity contribution is 5.94. The molecule has 1 aromatic rings. The molecular formula is C13H18N4O3. The highest BCUT2D eigenvalue weighted by Crippen LogP contribution is 2.18. The van der Waals surface area contributed by atoms with Gasteiger partial charge in [0.15, 0.2) is 0 Å². The summed E-state index contributed by atoms with van der Waals surface area (Å²) in [5.41, 5.74) is 3.78. The molecule has 0 unspecified atom stereocenters. The molecule has 1 N–H and O–H groups in total. The van der Waals surface area contributed by atoms with Crippen molar-refractivity contribution in [1.29, 1.82) is 0 Å². The number of hydrazine groups is 1. The van der Waals surface area contributed by atoms with Crippen molar-refractivity contribution in [1.82, 2.24) is 15.3 Å². The maximum Gasteiger partial charge on any atom is 0.272 e. The first-order valence-corrected chi connectivity index (χ1v) is 6.47. The summed E-state index contributed by atoms with van der Waals surface area (Å²) in [4.78, 5) is 24.6. The quantitative estimate of drug-likeness (QED) is 0.653. The van der Waals surface area contributed by atoms with Crippen molar-refractivity contribution in [2.24, 2.45) is 0 Å². The lowest BCUT2D eigenvalue weighted by molar-refractivity contribution is -0.385. The Hall–Kier alpha value is -1.99. The molecule has 1 aromatic carbocycles. The first-order chi connectivity index (χ1) is 9.47. The molecule has 1 heterocycles. The molecule has 0 aliphatic carbocycles. The number of carbonyl (C=O) groups is 1. The molecule has 20 heavy (non-hydrogen) atoms. The SMILES string of the molecule is Cc1cc(C(=O)NN2CCN(C)CC2)ccc1[N+](=O)[O-]. The van der Waals surface area contributed by atoms with E-state index in [1.54, 1.807) is 13.0 Å². The van der Waals surface area contributed by atoms with Crippen molar-refractivity contribution < 1.29 is 9.72 Å². The van der Waals surface area contributed by atoms with Crippen LogP contribution in [0, 0.1) is 17.0 Å². The van der Waals surface area contributed by atoms with Crippen molar-refractivity contribution in [3.8, 4) is 0 Å². The van der Waals surface area contributed by atoms with Crippen molar-refractivity contribution in [3.63, 3.8) is 0 Å². The number of rotatable bonds is 3. The Labute approximate surface area is 117 Å². The lowest BCUT2D eigenvalue weighted by Gasteiger charge is -2.32. The summed E-state index contributed by atoms with van der Waals surface area (Å²) in [5.74, 6) is -0.229. The standard InChI is InChI=1S/C13H18N4O3/c1-10-9-11(3-4-12(10)17(19)20)13(18)14-16-7-5-15(2)6-8-16/h3-4,9H,5-8H2,1-2H3,(H,14,18). The van der Waals surface area contributed by atoms with Crippen LogP contribution in [0.15, 0.2) is 18.2 Å². The third kappa shape index (κ3) is 3.31. The average molecular weight is 278 g/mol. The lowest BCUT2D eigenvalue weighted by Crippen LogP contribution is -2.52. The van der Waals surface area contributed by atoms with E-state index in [9.17, 15) is 14.9 Å². The predicted octanol–water partition coefficient (Wildman–Crippen LogP) is 0.795. The van der Waals surface area contributed by atoms with Gasteiger partial charge in [0.05, 0.1) is 4.92 Å². The molecule has 0 bridgehead atoms. The fourth-order valence-electron chi connectivity index (χ4n) is 2.13. The van der Waals surface area contributed by atoms with Gasteiger partial charge in [0.2, 0.25) is 0 Å². The van der Waals surface area contributed by atoms with Gasteiger partial charge in [-0.3, -0.25) is 20.3 Å². The fraction of sp³-hybridized carbons (Fsp3) is 0.462. The molecule has 1 aliphatic rings. The van der Waals surface area contributed by atoms with Gasteiger partial charge in [0.25, 0.3) is 11.6 Å². The van der Waals surface area contributed by atoms with E-state index in [0.717, 1.165) is 26.2 Å². The van der Waals surface area contributed by atoms with Crippen LogP contribution in [0.5, 0.6) is 0 Å². The number of nitrogens with zero attached hydrogens (tertiary/aromatic N) is 3. The minimum atomic E-state index is -0.447. The Morgan fingerprint density at radius 2 is 1.95 bits per heavy atom. The molecule has 0 radical (unpaired) electrons. The second-order valence-electron chi connectivity index (χ2n) is 4.99. The smallest absolute Gasteiger partial charge is 0.272 e. The highest BCUT2D eigenvalue weighted by atomic mass is 16.6. The van der Waals surface area contributed by atoms with Crippen LogP contribution >= 0.6 is 0 Å². The molecule has 7 nitrogen and oxygen atoms in total. The van der Waals surface area contributed by atoms with E-state index in [2.05, 4.69) is 10.3 Å². The van der Waals surface area contributed by atoms with Crippen LogP contribution in [0.3, 0.4) is 0 Å². The highest BCUT2D eigenvalue weighted by Gasteiger charge is 2.18. The van der Waals surface area contributed by atoms with Gasteiger partial charge in [-0.2, -0.15) is 0 Å². The molecule has 0 atom stereocenters. The number of benzene rings is 1. The van der Waals surface area contributed by atoms with E-state index in [4.69, 9.17) is 0 Å². The molecule has 2 rings (SSSR count). The first-order valence-electron chi connectivity index (χ1n) is 6.47. The third-order valence-electron chi connectivity index (χ3n) is 3.42. The van der Waals surface area contributed by atoms with Crippen LogP contribution in [-0.2, 0) is 0 Å². The van der Waals surface area contributed by atoms with Crippen LogP contribution in [0.1, 0.15) is 15.9 Å².